The van der Waals surface area contributed by atoms with Gasteiger partial charge in [-0.3, -0.25) is 0 Å². The quantitative estimate of drug-likeness (QED) is 0.854. The zero-order valence-corrected chi connectivity index (χ0v) is 15.3. The Hall–Kier alpha value is -1.26. The van der Waals surface area contributed by atoms with Gasteiger partial charge in [-0.25, -0.2) is 0 Å². The third-order valence-electron chi connectivity index (χ3n) is 4.70. The van der Waals surface area contributed by atoms with E-state index in [1.165, 1.54) is 63.6 Å². The Balaban J connectivity index is 0.000000355. The largest absolute Gasteiger partial charge is 0.493 e. The number of benzene rings is 1. The lowest BCUT2D eigenvalue weighted by molar-refractivity contribution is 0.0303. The van der Waals surface area contributed by atoms with Gasteiger partial charge in [0.05, 0.1) is 26.9 Å². The second-order valence-electron chi connectivity index (χ2n) is 6.53. The number of hydrogen-bond donors (Lipinski definition) is 1. The van der Waals surface area contributed by atoms with Crippen LogP contribution in [-0.2, 0) is 11.2 Å². The fraction of sp³-hybridized carbons (Fsp3) is 0.700. The highest BCUT2D eigenvalue weighted by atomic mass is 16.5. The third kappa shape index (κ3) is 6.70. The molecule has 1 aliphatic carbocycles. The molecule has 1 N–H and O–H groups in total. The Morgan fingerprint density at radius 2 is 1.62 bits per heavy atom. The molecular formula is C20H33NO3. The molecule has 2 aliphatic rings. The van der Waals surface area contributed by atoms with Crippen LogP contribution in [0.5, 0.6) is 11.5 Å². The number of hydrogen-bond acceptors (Lipinski definition) is 4. The van der Waals surface area contributed by atoms with Gasteiger partial charge in [-0.2, -0.15) is 0 Å². The maximum atomic E-state index is 5.94. The normalized spacial score (nSPS) is 17.9. The van der Waals surface area contributed by atoms with E-state index >= 15 is 0 Å². The van der Waals surface area contributed by atoms with Crippen LogP contribution in [0.4, 0.5) is 0 Å². The second kappa shape index (κ2) is 11.3. The highest BCUT2D eigenvalue weighted by molar-refractivity contribution is 5.42. The predicted octanol–water partition coefficient (Wildman–Crippen LogP) is 3.97. The van der Waals surface area contributed by atoms with Crippen LogP contribution >= 0.6 is 0 Å². The molecular weight excluding hydrogens is 302 g/mol. The molecule has 24 heavy (non-hydrogen) atoms. The summed E-state index contributed by atoms with van der Waals surface area (Å²) in [5.74, 6) is 1.57. The molecule has 1 saturated heterocycles. The molecule has 0 unspecified atom stereocenters. The van der Waals surface area contributed by atoms with Gasteiger partial charge in [0.25, 0.3) is 0 Å². The monoisotopic (exact) mass is 335 g/mol. The molecule has 0 aromatic heterocycles. The average Bonchev–Trinajstić information content (AvgIpc) is 3.22. The van der Waals surface area contributed by atoms with E-state index in [4.69, 9.17) is 14.2 Å². The minimum Gasteiger partial charge on any atom is -0.493 e. The summed E-state index contributed by atoms with van der Waals surface area (Å²) >= 11 is 0. The standard InChI is InChI=1S/C16H24O3.C4H9N/c1-17-15-9-8-13(12-16(15)18-2)10-11-19-14-6-4-3-5-7-14;1-2-4-5-3-1/h8-9,12,14H,3-7,10-11H2,1-2H3;5H,1-4H2. The molecule has 1 heterocycles. The van der Waals surface area contributed by atoms with Crippen LogP contribution in [0, 0.1) is 0 Å². The zero-order valence-electron chi connectivity index (χ0n) is 15.3. The van der Waals surface area contributed by atoms with Gasteiger partial charge in [-0.05, 0) is 62.9 Å². The maximum Gasteiger partial charge on any atom is 0.160 e. The second-order valence-corrected chi connectivity index (χ2v) is 6.53. The molecule has 0 amide bonds. The lowest BCUT2D eigenvalue weighted by Crippen LogP contribution is -2.17. The van der Waals surface area contributed by atoms with E-state index in [0.717, 1.165) is 24.5 Å². The molecule has 4 nitrogen and oxygen atoms in total. The number of methoxy groups -OCH3 is 2. The van der Waals surface area contributed by atoms with Gasteiger partial charge in [-0.15, -0.1) is 0 Å². The van der Waals surface area contributed by atoms with Crippen molar-refractivity contribution in [3.05, 3.63) is 23.8 Å². The highest BCUT2D eigenvalue weighted by Gasteiger charge is 2.13. The smallest absolute Gasteiger partial charge is 0.160 e. The van der Waals surface area contributed by atoms with Crippen molar-refractivity contribution >= 4 is 0 Å². The van der Waals surface area contributed by atoms with Gasteiger partial charge in [0.2, 0.25) is 0 Å². The van der Waals surface area contributed by atoms with Gasteiger partial charge in [-0.1, -0.05) is 25.3 Å². The summed E-state index contributed by atoms with van der Waals surface area (Å²) in [6.45, 7) is 3.29. The summed E-state index contributed by atoms with van der Waals surface area (Å²) < 4.78 is 16.5. The molecule has 0 radical (unpaired) electrons. The first-order valence-electron chi connectivity index (χ1n) is 9.36. The molecule has 136 valence electrons. The molecule has 2 fully saturated rings. The van der Waals surface area contributed by atoms with Gasteiger partial charge >= 0.3 is 0 Å². The summed E-state index contributed by atoms with van der Waals surface area (Å²) in [4.78, 5) is 0. The van der Waals surface area contributed by atoms with Crippen LogP contribution in [0.2, 0.25) is 0 Å². The van der Waals surface area contributed by atoms with Crippen LogP contribution in [0.15, 0.2) is 18.2 Å². The Morgan fingerprint density at radius 3 is 2.21 bits per heavy atom. The molecule has 3 rings (SSSR count). The third-order valence-corrected chi connectivity index (χ3v) is 4.70. The van der Waals surface area contributed by atoms with Crippen molar-refractivity contribution in [2.24, 2.45) is 0 Å². The summed E-state index contributed by atoms with van der Waals surface area (Å²) in [6, 6.07) is 6.06. The molecule has 1 aliphatic heterocycles. The van der Waals surface area contributed by atoms with E-state index in [0.29, 0.717) is 6.10 Å². The molecule has 1 saturated carbocycles. The first-order valence-corrected chi connectivity index (χ1v) is 9.36. The number of ether oxygens (including phenoxy) is 3. The van der Waals surface area contributed by atoms with Crippen LogP contribution in [-0.4, -0.2) is 40.0 Å². The maximum absolute atomic E-state index is 5.94. The highest BCUT2D eigenvalue weighted by Crippen LogP contribution is 2.28. The average molecular weight is 335 g/mol. The summed E-state index contributed by atoms with van der Waals surface area (Å²) in [7, 11) is 3.32. The Labute approximate surface area is 146 Å². The van der Waals surface area contributed by atoms with Crippen LogP contribution in [0.25, 0.3) is 0 Å². The summed E-state index contributed by atoms with van der Waals surface area (Å²) in [5.41, 5.74) is 1.23. The van der Waals surface area contributed by atoms with Crippen molar-refractivity contribution in [1.82, 2.24) is 5.32 Å². The Kier molecular flexibility index (Phi) is 9.00. The van der Waals surface area contributed by atoms with Gasteiger partial charge < -0.3 is 19.5 Å². The van der Waals surface area contributed by atoms with Crippen molar-refractivity contribution in [3.8, 4) is 11.5 Å². The van der Waals surface area contributed by atoms with Crippen molar-refractivity contribution in [2.45, 2.75) is 57.5 Å². The van der Waals surface area contributed by atoms with Crippen molar-refractivity contribution < 1.29 is 14.2 Å². The van der Waals surface area contributed by atoms with Crippen LogP contribution in [0.3, 0.4) is 0 Å². The van der Waals surface area contributed by atoms with Crippen molar-refractivity contribution in [1.29, 1.82) is 0 Å². The molecule has 0 bridgehead atoms. The predicted molar refractivity (Wildman–Crippen MR) is 98.2 cm³/mol. The van der Waals surface area contributed by atoms with E-state index in [1.807, 2.05) is 12.1 Å². The Morgan fingerprint density at radius 1 is 0.917 bits per heavy atom. The van der Waals surface area contributed by atoms with Crippen LogP contribution in [0.1, 0.15) is 50.5 Å². The molecule has 0 atom stereocenters. The Bertz CT molecular complexity index is 447. The molecule has 0 spiro atoms. The van der Waals surface area contributed by atoms with Crippen LogP contribution < -0.4 is 14.8 Å². The van der Waals surface area contributed by atoms with Gasteiger partial charge in [0, 0.05) is 0 Å². The van der Waals surface area contributed by atoms with Crippen molar-refractivity contribution in [2.75, 3.05) is 33.9 Å². The van der Waals surface area contributed by atoms with E-state index in [1.54, 1.807) is 14.2 Å². The number of rotatable bonds is 6. The first kappa shape index (κ1) is 19.1. The molecule has 4 heteroatoms. The molecule has 1 aromatic rings. The van der Waals surface area contributed by atoms with E-state index in [2.05, 4.69) is 11.4 Å². The number of nitrogens with one attached hydrogen (secondary N) is 1. The lowest BCUT2D eigenvalue weighted by atomic mass is 9.98. The first-order chi connectivity index (χ1) is 11.8. The topological polar surface area (TPSA) is 39.7 Å². The van der Waals surface area contributed by atoms with Crippen molar-refractivity contribution in [3.63, 3.8) is 0 Å². The van der Waals surface area contributed by atoms with E-state index < -0.39 is 0 Å². The fourth-order valence-electron chi connectivity index (χ4n) is 3.24. The van der Waals surface area contributed by atoms with E-state index in [-0.39, 0.29) is 0 Å². The summed E-state index contributed by atoms with van der Waals surface area (Å²) in [5, 5.41) is 3.22. The minimum absolute atomic E-state index is 0.480. The fourth-order valence-corrected chi connectivity index (χ4v) is 3.24. The van der Waals surface area contributed by atoms with Gasteiger partial charge in [0.15, 0.2) is 11.5 Å². The molecule has 1 aromatic carbocycles. The zero-order chi connectivity index (χ0) is 17.0. The lowest BCUT2D eigenvalue weighted by Gasteiger charge is -2.22. The summed E-state index contributed by atoms with van der Waals surface area (Å²) in [6.07, 6.45) is 10.7. The van der Waals surface area contributed by atoms with Gasteiger partial charge in [0.1, 0.15) is 0 Å². The minimum atomic E-state index is 0.480. The SMILES string of the molecule is C1CCNC1.COc1ccc(CCOC2CCCCC2)cc1OC. The van der Waals surface area contributed by atoms with E-state index in [9.17, 15) is 0 Å².